The topological polar surface area (TPSA) is 151 Å². The van der Waals surface area contributed by atoms with Gasteiger partial charge in [-0.1, -0.05) is 30.3 Å². The van der Waals surface area contributed by atoms with Gasteiger partial charge >= 0.3 is 17.9 Å². The molecule has 0 amide bonds. The average molecular weight is 449 g/mol. The lowest BCUT2D eigenvalue weighted by Gasteiger charge is -2.28. The predicted molar refractivity (Wildman–Crippen MR) is 110 cm³/mol. The molecule has 1 heterocycles. The Morgan fingerprint density at radius 3 is 2.28 bits per heavy atom. The number of rotatable bonds is 12. The van der Waals surface area contributed by atoms with Crippen LogP contribution >= 0.6 is 0 Å². The second kappa shape index (κ2) is 10.8. The van der Waals surface area contributed by atoms with E-state index in [1.54, 1.807) is 43.0 Å². The van der Waals surface area contributed by atoms with Crippen LogP contribution in [0.15, 0.2) is 42.6 Å². The summed E-state index contributed by atoms with van der Waals surface area (Å²) in [6.07, 6.45) is -1.98. The van der Waals surface area contributed by atoms with E-state index in [2.05, 4.69) is 5.10 Å². The van der Waals surface area contributed by atoms with Crippen LogP contribution in [0.1, 0.15) is 30.2 Å². The van der Waals surface area contributed by atoms with Crippen LogP contribution in [0.25, 0.3) is 0 Å². The molecule has 3 atom stereocenters. The van der Waals surface area contributed by atoms with Gasteiger partial charge in [-0.15, -0.1) is 0 Å². The molecule has 2 rings (SSSR count). The molecule has 3 unspecified atom stereocenters. The second-order valence-corrected chi connectivity index (χ2v) is 7.50. The molecular formula is C21H27N3O8. The first-order valence-electron chi connectivity index (χ1n) is 9.71. The summed E-state index contributed by atoms with van der Waals surface area (Å²) in [6.45, 7) is -0.0894. The predicted octanol–water partition coefficient (Wildman–Crippen LogP) is 0.637. The van der Waals surface area contributed by atoms with E-state index in [1.807, 2.05) is 30.3 Å². The summed E-state index contributed by atoms with van der Waals surface area (Å²) in [7, 11) is 5.03. The molecule has 32 heavy (non-hydrogen) atoms. The summed E-state index contributed by atoms with van der Waals surface area (Å²) in [5.74, 6) is -4.46. The highest BCUT2D eigenvalue weighted by atomic mass is 16.6. The zero-order chi connectivity index (χ0) is 23.9. The molecule has 0 aliphatic heterocycles. The number of benzene rings is 1. The van der Waals surface area contributed by atoms with Crippen molar-refractivity contribution in [2.45, 2.75) is 30.8 Å². The molecule has 0 saturated carbocycles. The van der Waals surface area contributed by atoms with Gasteiger partial charge in [-0.3, -0.25) is 19.2 Å². The summed E-state index contributed by atoms with van der Waals surface area (Å²) in [4.78, 5) is 36.0. The van der Waals surface area contributed by atoms with Crippen LogP contribution < -0.4 is 0 Å². The molecule has 11 heteroatoms. The Labute approximate surface area is 184 Å². The summed E-state index contributed by atoms with van der Waals surface area (Å²) in [6, 6.07) is 11.2. The fraction of sp³-hybridized carbons (Fsp3) is 0.429. The Kier molecular flexibility index (Phi) is 8.47. The van der Waals surface area contributed by atoms with E-state index in [4.69, 9.17) is 19.7 Å². The number of likely N-dealkylation sites (N-methyl/N-ethyl adjacent to an activating group) is 1. The molecule has 0 fully saturated rings. The van der Waals surface area contributed by atoms with Crippen molar-refractivity contribution in [3.63, 3.8) is 0 Å². The fourth-order valence-electron chi connectivity index (χ4n) is 2.98. The van der Waals surface area contributed by atoms with Gasteiger partial charge in [0.05, 0.1) is 25.1 Å². The number of aromatic nitrogens is 2. The molecule has 0 spiro atoms. The monoisotopic (exact) mass is 449 g/mol. The van der Waals surface area contributed by atoms with Gasteiger partial charge in [0.1, 0.15) is 6.10 Å². The maximum absolute atomic E-state index is 12.3. The van der Waals surface area contributed by atoms with Crippen LogP contribution in [0.4, 0.5) is 0 Å². The lowest BCUT2D eigenvalue weighted by atomic mass is 9.96. The minimum absolute atomic E-state index is 0.0894. The average Bonchev–Trinajstić information content (AvgIpc) is 3.12. The summed E-state index contributed by atoms with van der Waals surface area (Å²) in [5, 5.41) is 32.2. The minimum Gasteiger partial charge on any atom is -0.481 e. The van der Waals surface area contributed by atoms with Gasteiger partial charge < -0.3 is 24.8 Å². The third-order valence-corrected chi connectivity index (χ3v) is 4.76. The highest BCUT2D eigenvalue weighted by Gasteiger charge is 2.42. The molecule has 1 aromatic heterocycles. The molecule has 0 saturated heterocycles. The largest absolute Gasteiger partial charge is 0.481 e. The number of hydrogen-bond donors (Lipinski definition) is 3. The van der Waals surface area contributed by atoms with Gasteiger partial charge in [0.15, 0.2) is 11.8 Å². The van der Waals surface area contributed by atoms with Crippen LogP contribution in [0.5, 0.6) is 0 Å². The van der Waals surface area contributed by atoms with Crippen molar-refractivity contribution in [2.75, 3.05) is 20.7 Å². The Morgan fingerprint density at radius 1 is 1.12 bits per heavy atom. The van der Waals surface area contributed by atoms with Crippen molar-refractivity contribution in [3.05, 3.63) is 53.9 Å². The quantitative estimate of drug-likeness (QED) is 0.311. The summed E-state index contributed by atoms with van der Waals surface area (Å²) >= 11 is 0. The number of aliphatic hydroxyl groups is 1. The van der Waals surface area contributed by atoms with Gasteiger partial charge in [0.2, 0.25) is 0 Å². The van der Waals surface area contributed by atoms with Crippen molar-refractivity contribution in [2.24, 2.45) is 7.05 Å². The van der Waals surface area contributed by atoms with Crippen molar-refractivity contribution in [1.29, 1.82) is 0 Å². The van der Waals surface area contributed by atoms with E-state index >= 15 is 0 Å². The van der Waals surface area contributed by atoms with E-state index in [-0.39, 0.29) is 6.61 Å². The van der Waals surface area contributed by atoms with Crippen LogP contribution in [0, 0.1) is 0 Å². The van der Waals surface area contributed by atoms with E-state index in [9.17, 15) is 19.5 Å². The molecule has 2 aromatic rings. The number of carboxylic acid groups (broad SMARTS) is 2. The lowest BCUT2D eigenvalue weighted by molar-refractivity contribution is -0.179. The van der Waals surface area contributed by atoms with Gasteiger partial charge in [0, 0.05) is 13.2 Å². The summed E-state index contributed by atoms with van der Waals surface area (Å²) < 4.78 is 13.0. The van der Waals surface area contributed by atoms with Crippen LogP contribution in [0.3, 0.4) is 0 Å². The summed E-state index contributed by atoms with van der Waals surface area (Å²) in [5.41, 5.74) is -1.16. The van der Waals surface area contributed by atoms with Gasteiger partial charge in [-0.2, -0.15) is 5.10 Å². The number of carbonyl (C=O) groups is 3. The Hall–Kier alpha value is -3.28. The van der Waals surface area contributed by atoms with Gasteiger partial charge in [-0.25, -0.2) is 4.79 Å². The van der Waals surface area contributed by atoms with Crippen molar-refractivity contribution in [1.82, 2.24) is 14.7 Å². The van der Waals surface area contributed by atoms with Gasteiger partial charge in [0.25, 0.3) is 0 Å². The van der Waals surface area contributed by atoms with Crippen molar-refractivity contribution in [3.8, 4) is 0 Å². The first kappa shape index (κ1) is 25.0. The zero-order valence-corrected chi connectivity index (χ0v) is 18.0. The number of ether oxygens (including phenoxy) is 2. The second-order valence-electron chi connectivity index (χ2n) is 7.50. The third kappa shape index (κ3) is 6.61. The lowest BCUT2D eigenvalue weighted by Crippen LogP contribution is -2.45. The maximum atomic E-state index is 12.3. The SMILES string of the molecule is CN(C)C(COC(c1ccccc1)c1ccnn1C)OC(=O)CC(O)(CC(=O)O)C(=O)O. The molecule has 3 N–H and O–H groups in total. The molecule has 0 radical (unpaired) electrons. The van der Waals surface area contributed by atoms with E-state index in [1.165, 1.54) is 0 Å². The number of esters is 1. The molecule has 0 bridgehead atoms. The molecular weight excluding hydrogens is 422 g/mol. The third-order valence-electron chi connectivity index (χ3n) is 4.76. The Bertz CT molecular complexity index is 930. The normalized spacial score (nSPS) is 15.0. The molecule has 0 aliphatic rings. The van der Waals surface area contributed by atoms with Crippen molar-refractivity contribution < 1.29 is 39.2 Å². The number of nitrogens with zero attached hydrogens (tertiary/aromatic N) is 3. The maximum Gasteiger partial charge on any atom is 0.336 e. The van der Waals surface area contributed by atoms with Crippen LogP contribution in [0.2, 0.25) is 0 Å². The standard InChI is InChI=1S/C21H27N3O8/c1-23(2)16(32-18(27)12-21(30,20(28)29)11-17(25)26)13-31-19(14-7-5-4-6-8-14)15-9-10-22-24(15)3/h4-10,16,19,30H,11-13H2,1-3H3,(H,25,26)(H,28,29). The molecule has 1 aromatic carbocycles. The molecule has 11 nitrogen and oxygen atoms in total. The van der Waals surface area contributed by atoms with E-state index < -0.39 is 48.7 Å². The van der Waals surface area contributed by atoms with E-state index in [0.717, 1.165) is 11.3 Å². The zero-order valence-electron chi connectivity index (χ0n) is 18.0. The van der Waals surface area contributed by atoms with Crippen LogP contribution in [-0.4, -0.2) is 80.4 Å². The minimum atomic E-state index is -2.78. The van der Waals surface area contributed by atoms with E-state index in [0.29, 0.717) is 0 Å². The number of carbonyl (C=O) groups excluding carboxylic acids is 1. The van der Waals surface area contributed by atoms with Gasteiger partial charge in [-0.05, 0) is 25.7 Å². The first-order valence-corrected chi connectivity index (χ1v) is 9.71. The number of hydrogen-bond acceptors (Lipinski definition) is 8. The Balaban J connectivity index is 2.13. The molecule has 174 valence electrons. The molecule has 0 aliphatic carbocycles. The highest BCUT2D eigenvalue weighted by molar-refractivity contribution is 5.88. The van der Waals surface area contributed by atoms with Crippen LogP contribution in [-0.2, 0) is 30.9 Å². The first-order chi connectivity index (χ1) is 15.0. The number of aliphatic carboxylic acids is 2. The Morgan fingerprint density at radius 2 is 1.78 bits per heavy atom. The van der Waals surface area contributed by atoms with Crippen molar-refractivity contribution >= 4 is 17.9 Å². The number of carboxylic acids is 2. The smallest absolute Gasteiger partial charge is 0.336 e. The fourth-order valence-corrected chi connectivity index (χ4v) is 2.98. The number of aryl methyl sites for hydroxylation is 1. The highest BCUT2D eigenvalue weighted by Crippen LogP contribution is 2.26.